The summed E-state index contributed by atoms with van der Waals surface area (Å²) in [6.07, 6.45) is 2.86. The first-order chi connectivity index (χ1) is 11.0. The average Bonchev–Trinajstić information content (AvgIpc) is 2.70. The van der Waals surface area contributed by atoms with Crippen molar-refractivity contribution in [3.8, 4) is 0 Å². The van der Waals surface area contributed by atoms with Gasteiger partial charge in [0.05, 0.1) is 16.6 Å². The molecule has 0 unspecified atom stereocenters. The third-order valence-corrected chi connectivity index (χ3v) is 4.79. The Balaban J connectivity index is 2.14. The standard InChI is InChI=1S/C16H19BN2O5/c1-15(2)16(3,4)24-17(23-15)9-6-10-12(20)11(14(21)22)8-19(5)13(10)18-7-9/h6-8H,1-5H3,(H,21,22). The van der Waals surface area contributed by atoms with Gasteiger partial charge in [0.15, 0.2) is 0 Å². The minimum Gasteiger partial charge on any atom is -0.477 e. The van der Waals surface area contributed by atoms with Crippen molar-refractivity contribution in [2.45, 2.75) is 38.9 Å². The summed E-state index contributed by atoms with van der Waals surface area (Å²) in [5.74, 6) is -1.27. The van der Waals surface area contributed by atoms with Gasteiger partial charge in [-0.2, -0.15) is 0 Å². The summed E-state index contributed by atoms with van der Waals surface area (Å²) in [5, 5.41) is 9.41. The molecule has 0 aromatic carbocycles. The van der Waals surface area contributed by atoms with Crippen molar-refractivity contribution in [3.05, 3.63) is 34.2 Å². The number of carboxylic acids is 1. The lowest BCUT2D eigenvalue weighted by molar-refractivity contribution is 0.00578. The highest BCUT2D eigenvalue weighted by molar-refractivity contribution is 6.62. The smallest absolute Gasteiger partial charge is 0.477 e. The maximum absolute atomic E-state index is 12.4. The van der Waals surface area contributed by atoms with E-state index in [0.717, 1.165) is 0 Å². The minimum atomic E-state index is -1.27. The molecule has 1 aliphatic heterocycles. The molecule has 3 heterocycles. The van der Waals surface area contributed by atoms with E-state index in [0.29, 0.717) is 11.1 Å². The highest BCUT2D eigenvalue weighted by Crippen LogP contribution is 2.36. The molecule has 0 spiro atoms. The van der Waals surface area contributed by atoms with Crippen LogP contribution in [-0.4, -0.2) is 38.9 Å². The predicted octanol–water partition coefficient (Wildman–Crippen LogP) is 0.931. The first-order valence-electron chi connectivity index (χ1n) is 7.62. The summed E-state index contributed by atoms with van der Waals surface area (Å²) in [5.41, 5.74) is -0.897. The number of hydrogen-bond acceptors (Lipinski definition) is 5. The Kier molecular flexibility index (Phi) is 3.58. The van der Waals surface area contributed by atoms with Gasteiger partial charge in [-0.3, -0.25) is 4.79 Å². The van der Waals surface area contributed by atoms with E-state index in [1.807, 2.05) is 27.7 Å². The van der Waals surface area contributed by atoms with Crippen LogP contribution < -0.4 is 10.9 Å². The van der Waals surface area contributed by atoms with Crippen molar-refractivity contribution in [3.63, 3.8) is 0 Å². The first-order valence-corrected chi connectivity index (χ1v) is 7.62. The molecule has 1 N–H and O–H groups in total. The molecule has 1 fully saturated rings. The number of carbonyl (C=O) groups is 1. The number of aromatic carboxylic acids is 1. The Morgan fingerprint density at radius 3 is 2.38 bits per heavy atom. The van der Waals surface area contributed by atoms with Crippen LogP contribution in [0.1, 0.15) is 38.1 Å². The van der Waals surface area contributed by atoms with Gasteiger partial charge in [-0.15, -0.1) is 0 Å². The fraction of sp³-hybridized carbons (Fsp3) is 0.438. The molecule has 24 heavy (non-hydrogen) atoms. The fourth-order valence-electron chi connectivity index (χ4n) is 2.64. The zero-order valence-electron chi connectivity index (χ0n) is 14.3. The van der Waals surface area contributed by atoms with E-state index in [1.165, 1.54) is 10.8 Å². The van der Waals surface area contributed by atoms with E-state index in [1.54, 1.807) is 19.3 Å². The minimum absolute atomic E-state index is 0.226. The van der Waals surface area contributed by atoms with Crippen molar-refractivity contribution in [2.24, 2.45) is 7.05 Å². The third kappa shape index (κ3) is 2.42. The van der Waals surface area contributed by atoms with Crippen LogP contribution in [0.3, 0.4) is 0 Å². The normalized spacial score (nSPS) is 19.0. The Labute approximate surface area is 139 Å². The average molecular weight is 330 g/mol. The van der Waals surface area contributed by atoms with Crippen LogP contribution in [0.15, 0.2) is 23.3 Å². The highest BCUT2D eigenvalue weighted by Gasteiger charge is 2.51. The number of nitrogens with zero attached hydrogens (tertiary/aromatic N) is 2. The Hall–Kier alpha value is -2.19. The van der Waals surface area contributed by atoms with E-state index < -0.39 is 29.7 Å². The van der Waals surface area contributed by atoms with Crippen molar-refractivity contribution in [1.82, 2.24) is 9.55 Å². The lowest BCUT2D eigenvalue weighted by Gasteiger charge is -2.32. The summed E-state index contributed by atoms with van der Waals surface area (Å²) in [7, 11) is 0.987. The van der Waals surface area contributed by atoms with Crippen molar-refractivity contribution in [1.29, 1.82) is 0 Å². The maximum atomic E-state index is 12.4. The molecule has 0 saturated carbocycles. The van der Waals surface area contributed by atoms with Crippen LogP contribution in [-0.2, 0) is 16.4 Å². The summed E-state index contributed by atoms with van der Waals surface area (Å²) in [4.78, 5) is 28.0. The van der Waals surface area contributed by atoms with E-state index >= 15 is 0 Å². The second kappa shape index (κ2) is 5.16. The van der Waals surface area contributed by atoms with Crippen LogP contribution in [0.25, 0.3) is 11.0 Å². The molecule has 1 saturated heterocycles. The van der Waals surface area contributed by atoms with Crippen molar-refractivity contribution >= 4 is 29.6 Å². The van der Waals surface area contributed by atoms with Gasteiger partial charge in [-0.25, -0.2) is 9.78 Å². The van der Waals surface area contributed by atoms with E-state index in [9.17, 15) is 14.7 Å². The molecule has 8 heteroatoms. The van der Waals surface area contributed by atoms with Gasteiger partial charge in [0.1, 0.15) is 11.2 Å². The van der Waals surface area contributed by atoms with Gasteiger partial charge in [0.25, 0.3) is 0 Å². The topological polar surface area (TPSA) is 90.7 Å². The monoisotopic (exact) mass is 330 g/mol. The molecule has 0 atom stereocenters. The second-order valence-corrected chi connectivity index (χ2v) is 7.02. The highest BCUT2D eigenvalue weighted by atomic mass is 16.7. The second-order valence-electron chi connectivity index (χ2n) is 7.02. The Morgan fingerprint density at radius 1 is 1.25 bits per heavy atom. The lowest BCUT2D eigenvalue weighted by atomic mass is 9.80. The molecule has 7 nitrogen and oxygen atoms in total. The fourth-order valence-corrected chi connectivity index (χ4v) is 2.64. The molecule has 0 amide bonds. The molecular formula is C16H19BN2O5. The van der Waals surface area contributed by atoms with Gasteiger partial charge < -0.3 is 19.0 Å². The van der Waals surface area contributed by atoms with Gasteiger partial charge in [0.2, 0.25) is 5.43 Å². The summed E-state index contributed by atoms with van der Waals surface area (Å²) in [6, 6.07) is 1.60. The Bertz CT molecular complexity index is 887. The number of rotatable bonds is 2. The van der Waals surface area contributed by atoms with Gasteiger partial charge in [-0.1, -0.05) is 0 Å². The van der Waals surface area contributed by atoms with Crippen molar-refractivity contribution in [2.75, 3.05) is 0 Å². The first kappa shape index (κ1) is 16.7. The molecule has 1 aliphatic rings. The van der Waals surface area contributed by atoms with Crippen LogP contribution >= 0.6 is 0 Å². The van der Waals surface area contributed by atoms with Crippen LogP contribution in [0.4, 0.5) is 0 Å². The quantitative estimate of drug-likeness (QED) is 0.824. The molecule has 126 valence electrons. The number of carboxylic acid groups (broad SMARTS) is 1. The predicted molar refractivity (Wildman–Crippen MR) is 89.7 cm³/mol. The summed E-state index contributed by atoms with van der Waals surface area (Å²) in [6.45, 7) is 7.73. The molecule has 2 aromatic rings. The van der Waals surface area contributed by atoms with E-state index in [2.05, 4.69) is 4.98 Å². The maximum Gasteiger partial charge on any atom is 0.496 e. The molecule has 0 radical (unpaired) electrons. The molecule has 0 bridgehead atoms. The van der Waals surface area contributed by atoms with E-state index in [-0.39, 0.29) is 10.9 Å². The van der Waals surface area contributed by atoms with Crippen LogP contribution in [0.5, 0.6) is 0 Å². The number of aromatic nitrogens is 2. The number of pyridine rings is 2. The molecular weight excluding hydrogens is 311 g/mol. The zero-order valence-corrected chi connectivity index (χ0v) is 14.3. The van der Waals surface area contributed by atoms with Crippen LogP contribution in [0.2, 0.25) is 0 Å². The molecule has 3 rings (SSSR count). The summed E-state index contributed by atoms with van der Waals surface area (Å²) < 4.78 is 13.4. The zero-order chi connectivity index (χ0) is 17.9. The SMILES string of the molecule is Cn1cc(C(=O)O)c(=O)c2cc(B3OC(C)(C)C(C)(C)O3)cnc21. The Morgan fingerprint density at radius 2 is 1.83 bits per heavy atom. The van der Waals surface area contributed by atoms with Gasteiger partial charge >= 0.3 is 13.1 Å². The van der Waals surface area contributed by atoms with Gasteiger partial charge in [0, 0.05) is 24.9 Å². The number of aryl methyl sites for hydroxylation is 1. The summed E-state index contributed by atoms with van der Waals surface area (Å²) >= 11 is 0. The third-order valence-electron chi connectivity index (χ3n) is 4.79. The van der Waals surface area contributed by atoms with E-state index in [4.69, 9.17) is 9.31 Å². The molecule has 0 aliphatic carbocycles. The van der Waals surface area contributed by atoms with Crippen LogP contribution in [0, 0.1) is 0 Å². The number of hydrogen-bond donors (Lipinski definition) is 1. The lowest BCUT2D eigenvalue weighted by Crippen LogP contribution is -2.41. The largest absolute Gasteiger partial charge is 0.496 e. The van der Waals surface area contributed by atoms with Gasteiger partial charge in [-0.05, 0) is 33.8 Å². The van der Waals surface area contributed by atoms with Crippen molar-refractivity contribution < 1.29 is 19.2 Å². The molecule has 2 aromatic heterocycles. The number of fused-ring (bicyclic) bond motifs is 1.